The lowest BCUT2D eigenvalue weighted by molar-refractivity contribution is 0.0530. The normalized spacial score (nSPS) is 13.4. The molecule has 5 heteroatoms. The van der Waals surface area contributed by atoms with Crippen LogP contribution in [0.2, 0.25) is 0 Å². The summed E-state index contributed by atoms with van der Waals surface area (Å²) in [7, 11) is 0. The minimum Gasteiger partial charge on any atom is -0.462 e. The fourth-order valence-electron chi connectivity index (χ4n) is 3.89. The number of hydrogen-bond acceptors (Lipinski definition) is 4. The SMILES string of the molecule is CCOC(=O)c1c(N)c(C(=O)c2ccc3c(c2)CCCC3)n2ccccc12. The van der Waals surface area contributed by atoms with Gasteiger partial charge >= 0.3 is 5.97 Å². The average Bonchev–Trinajstić information content (AvgIpc) is 2.99. The highest BCUT2D eigenvalue weighted by atomic mass is 16.5. The van der Waals surface area contributed by atoms with Crippen molar-refractivity contribution in [3.63, 3.8) is 0 Å². The van der Waals surface area contributed by atoms with Gasteiger partial charge in [0.15, 0.2) is 0 Å². The summed E-state index contributed by atoms with van der Waals surface area (Å²) in [5, 5.41) is 0. The van der Waals surface area contributed by atoms with Crippen molar-refractivity contribution < 1.29 is 14.3 Å². The molecule has 2 N–H and O–H groups in total. The van der Waals surface area contributed by atoms with Crippen LogP contribution >= 0.6 is 0 Å². The van der Waals surface area contributed by atoms with Gasteiger partial charge in [-0.3, -0.25) is 4.79 Å². The fourth-order valence-corrected chi connectivity index (χ4v) is 3.89. The molecule has 2 aromatic heterocycles. The largest absolute Gasteiger partial charge is 0.462 e. The summed E-state index contributed by atoms with van der Waals surface area (Å²) in [5.41, 5.74) is 10.7. The van der Waals surface area contributed by atoms with Gasteiger partial charge in [-0.25, -0.2) is 4.79 Å². The van der Waals surface area contributed by atoms with Crippen LogP contribution in [0.5, 0.6) is 0 Å². The van der Waals surface area contributed by atoms with Gasteiger partial charge in [0.2, 0.25) is 5.78 Å². The van der Waals surface area contributed by atoms with Gasteiger partial charge in [-0.1, -0.05) is 18.2 Å². The molecular formula is C22H22N2O3. The molecule has 0 aliphatic heterocycles. The van der Waals surface area contributed by atoms with Gasteiger partial charge in [-0.05, 0) is 61.9 Å². The van der Waals surface area contributed by atoms with Crippen LogP contribution in [0, 0.1) is 0 Å². The van der Waals surface area contributed by atoms with Crippen LogP contribution in [-0.2, 0) is 17.6 Å². The zero-order chi connectivity index (χ0) is 19.0. The lowest BCUT2D eigenvalue weighted by atomic mass is 9.89. The average molecular weight is 362 g/mol. The second-order valence-electron chi connectivity index (χ2n) is 6.83. The summed E-state index contributed by atoms with van der Waals surface area (Å²) in [6, 6.07) is 11.3. The maximum absolute atomic E-state index is 13.3. The van der Waals surface area contributed by atoms with E-state index >= 15 is 0 Å². The van der Waals surface area contributed by atoms with E-state index < -0.39 is 5.97 Å². The Kier molecular flexibility index (Phi) is 4.44. The van der Waals surface area contributed by atoms with Crippen LogP contribution in [0.1, 0.15) is 57.3 Å². The predicted molar refractivity (Wildman–Crippen MR) is 104 cm³/mol. The Bertz CT molecular complexity index is 1050. The number of benzene rings is 1. The molecule has 1 aliphatic rings. The van der Waals surface area contributed by atoms with Gasteiger partial charge in [0.05, 0.1) is 17.8 Å². The van der Waals surface area contributed by atoms with Crippen LogP contribution in [-0.4, -0.2) is 22.8 Å². The van der Waals surface area contributed by atoms with E-state index in [0.717, 1.165) is 19.3 Å². The number of nitrogen functional groups attached to an aromatic ring is 1. The first-order chi connectivity index (χ1) is 13.1. The highest BCUT2D eigenvalue weighted by Crippen LogP contribution is 2.30. The number of aryl methyl sites for hydroxylation is 2. The van der Waals surface area contributed by atoms with Crippen LogP contribution in [0.4, 0.5) is 5.69 Å². The summed E-state index contributed by atoms with van der Waals surface area (Å²) in [5.74, 6) is -0.694. The molecule has 27 heavy (non-hydrogen) atoms. The number of anilines is 1. The van der Waals surface area contributed by atoms with Gasteiger partial charge in [0.1, 0.15) is 11.3 Å². The number of pyridine rings is 1. The molecule has 5 nitrogen and oxygen atoms in total. The topological polar surface area (TPSA) is 73.8 Å². The van der Waals surface area contributed by atoms with Gasteiger partial charge in [0, 0.05) is 11.8 Å². The monoisotopic (exact) mass is 362 g/mol. The summed E-state index contributed by atoms with van der Waals surface area (Å²) in [6.07, 6.45) is 6.15. The molecule has 4 rings (SSSR count). The number of carbonyl (C=O) groups excluding carboxylic acids is 2. The van der Waals surface area contributed by atoms with Crippen molar-refractivity contribution in [3.8, 4) is 0 Å². The number of ketones is 1. The van der Waals surface area contributed by atoms with Crippen molar-refractivity contribution in [1.29, 1.82) is 0 Å². The van der Waals surface area contributed by atoms with Crippen LogP contribution in [0.15, 0.2) is 42.6 Å². The minimum atomic E-state index is -0.511. The molecule has 0 spiro atoms. The summed E-state index contributed by atoms with van der Waals surface area (Å²) < 4.78 is 6.83. The van der Waals surface area contributed by atoms with Crippen LogP contribution in [0.3, 0.4) is 0 Å². The highest BCUT2D eigenvalue weighted by molar-refractivity contribution is 6.16. The van der Waals surface area contributed by atoms with E-state index in [0.29, 0.717) is 16.8 Å². The lowest BCUT2D eigenvalue weighted by Gasteiger charge is -2.16. The quantitative estimate of drug-likeness (QED) is 0.566. The van der Waals surface area contributed by atoms with E-state index in [1.807, 2.05) is 30.3 Å². The van der Waals surface area contributed by atoms with Gasteiger partial charge in [0.25, 0.3) is 0 Å². The van der Waals surface area contributed by atoms with Crippen molar-refractivity contribution in [2.45, 2.75) is 32.6 Å². The molecule has 2 heterocycles. The molecular weight excluding hydrogens is 340 g/mol. The molecule has 1 aromatic carbocycles. The van der Waals surface area contributed by atoms with Crippen molar-refractivity contribution in [2.75, 3.05) is 12.3 Å². The molecule has 0 saturated heterocycles. The van der Waals surface area contributed by atoms with E-state index in [-0.39, 0.29) is 23.6 Å². The maximum Gasteiger partial charge on any atom is 0.342 e. The second kappa shape index (κ2) is 6.91. The van der Waals surface area contributed by atoms with E-state index in [4.69, 9.17) is 10.5 Å². The number of fused-ring (bicyclic) bond motifs is 2. The summed E-state index contributed by atoms with van der Waals surface area (Å²) in [6.45, 7) is 1.99. The Morgan fingerprint density at radius 3 is 2.67 bits per heavy atom. The van der Waals surface area contributed by atoms with Crippen molar-refractivity contribution in [3.05, 3.63) is 70.5 Å². The predicted octanol–water partition coefficient (Wildman–Crippen LogP) is 3.81. The first-order valence-electron chi connectivity index (χ1n) is 9.34. The fraction of sp³-hybridized carbons (Fsp3) is 0.273. The molecule has 0 bridgehead atoms. The maximum atomic E-state index is 13.3. The molecule has 138 valence electrons. The number of aromatic nitrogens is 1. The van der Waals surface area contributed by atoms with Crippen LogP contribution < -0.4 is 5.73 Å². The molecule has 0 saturated carbocycles. The van der Waals surface area contributed by atoms with E-state index in [1.165, 1.54) is 17.5 Å². The Morgan fingerprint density at radius 1 is 1.11 bits per heavy atom. The number of rotatable bonds is 4. The first kappa shape index (κ1) is 17.3. The van der Waals surface area contributed by atoms with Crippen molar-refractivity contribution in [1.82, 2.24) is 4.40 Å². The smallest absolute Gasteiger partial charge is 0.342 e. The molecule has 0 atom stereocenters. The number of ether oxygens (including phenoxy) is 1. The highest BCUT2D eigenvalue weighted by Gasteiger charge is 2.27. The zero-order valence-corrected chi connectivity index (χ0v) is 15.3. The number of esters is 1. The Labute approximate surface area is 157 Å². The lowest BCUT2D eigenvalue weighted by Crippen LogP contribution is -2.11. The van der Waals surface area contributed by atoms with E-state index in [1.54, 1.807) is 23.6 Å². The molecule has 0 fully saturated rings. The Morgan fingerprint density at radius 2 is 1.89 bits per heavy atom. The number of hydrogen-bond donors (Lipinski definition) is 1. The molecule has 0 amide bonds. The standard InChI is InChI=1S/C22H22N2O3/c1-2-27-22(26)18-17-9-5-6-12-24(17)20(19(18)23)21(25)16-11-10-14-7-3-4-8-15(14)13-16/h5-6,9-13H,2-4,7-8,23H2,1H3. The van der Waals surface area contributed by atoms with Crippen molar-refractivity contribution >= 4 is 23.0 Å². The van der Waals surface area contributed by atoms with Gasteiger partial charge in [-0.2, -0.15) is 0 Å². The number of nitrogens with two attached hydrogens (primary N) is 1. The van der Waals surface area contributed by atoms with Crippen LogP contribution in [0.25, 0.3) is 5.52 Å². The zero-order valence-electron chi connectivity index (χ0n) is 15.3. The Hall–Kier alpha value is -3.08. The third kappa shape index (κ3) is 2.89. The summed E-state index contributed by atoms with van der Waals surface area (Å²) >= 11 is 0. The third-order valence-electron chi connectivity index (χ3n) is 5.19. The number of carbonyl (C=O) groups is 2. The Balaban J connectivity index is 1.85. The molecule has 1 aliphatic carbocycles. The van der Waals surface area contributed by atoms with E-state index in [9.17, 15) is 9.59 Å². The molecule has 0 radical (unpaired) electrons. The molecule has 3 aromatic rings. The summed E-state index contributed by atoms with van der Waals surface area (Å²) in [4.78, 5) is 25.7. The third-order valence-corrected chi connectivity index (χ3v) is 5.19. The first-order valence-corrected chi connectivity index (χ1v) is 9.34. The van der Waals surface area contributed by atoms with Gasteiger partial charge in [-0.15, -0.1) is 0 Å². The van der Waals surface area contributed by atoms with Gasteiger partial charge < -0.3 is 14.9 Å². The van der Waals surface area contributed by atoms with E-state index in [2.05, 4.69) is 0 Å². The second-order valence-corrected chi connectivity index (χ2v) is 6.83. The van der Waals surface area contributed by atoms with Crippen molar-refractivity contribution in [2.24, 2.45) is 0 Å². The number of nitrogens with zero attached hydrogens (tertiary/aromatic N) is 1. The molecule has 0 unspecified atom stereocenters. The minimum absolute atomic E-state index is 0.169.